The number of hydrogen-bond acceptors (Lipinski definition) is 2. The van der Waals surface area contributed by atoms with Crippen molar-refractivity contribution in [1.29, 1.82) is 0 Å². The molecule has 0 unspecified atom stereocenters. The third-order valence-corrected chi connectivity index (χ3v) is 1.19. The fourth-order valence-corrected chi connectivity index (χ4v) is 0.761. The van der Waals surface area contributed by atoms with Gasteiger partial charge < -0.3 is 0 Å². The lowest BCUT2D eigenvalue weighted by Crippen LogP contribution is -1.78. The third kappa shape index (κ3) is 0.320. The first-order chi connectivity index (χ1) is 3.97. The van der Waals surface area contributed by atoms with Crippen molar-refractivity contribution < 1.29 is 1.43 Å². The minimum Gasteiger partial charge on any atom is -0.263 e. The third-order valence-electron chi connectivity index (χ3n) is 1.19. The van der Waals surface area contributed by atoms with Crippen molar-refractivity contribution in [2.75, 3.05) is 0 Å². The van der Waals surface area contributed by atoms with E-state index in [4.69, 9.17) is 0 Å². The number of aliphatic imine (C=N–C) groups is 2. The van der Waals surface area contributed by atoms with Crippen LogP contribution >= 0.6 is 0 Å². The Morgan fingerprint density at radius 3 is 2.00 bits per heavy atom. The van der Waals surface area contributed by atoms with Crippen LogP contribution in [-0.4, -0.2) is 12.4 Å². The Morgan fingerprint density at radius 1 is 1.00 bits per heavy atom. The number of fused-ring (bicyclic) bond motifs is 1. The molecule has 0 bridgehead atoms. The molecule has 0 saturated carbocycles. The molecule has 2 nitrogen and oxygen atoms in total. The van der Waals surface area contributed by atoms with Crippen molar-refractivity contribution in [3.63, 3.8) is 0 Å². The van der Waals surface area contributed by atoms with Gasteiger partial charge in [0.25, 0.3) is 0 Å². The van der Waals surface area contributed by atoms with Gasteiger partial charge in [0, 0.05) is 36.0 Å². The summed E-state index contributed by atoms with van der Waals surface area (Å²) in [6.45, 7) is 0. The highest BCUT2D eigenvalue weighted by molar-refractivity contribution is 6.04. The first-order valence-corrected chi connectivity index (χ1v) is 2.44. The van der Waals surface area contributed by atoms with Crippen LogP contribution in [0.4, 0.5) is 0 Å². The zero-order valence-electron chi connectivity index (χ0n) is 5.20. The first-order valence-electron chi connectivity index (χ1n) is 2.44. The summed E-state index contributed by atoms with van der Waals surface area (Å²) in [5, 5.41) is 0. The van der Waals surface area contributed by atoms with Crippen LogP contribution < -0.4 is 0 Å². The molecule has 0 amide bonds. The average molecular weight is 105 g/mol. The molecule has 2 heteroatoms. The molecule has 0 N–H and O–H groups in total. The van der Waals surface area contributed by atoms with Crippen molar-refractivity contribution in [3.8, 4) is 0 Å². The molecular weight excluding hydrogens is 100 g/mol. The normalized spacial score (nSPS) is 21.0. The summed E-state index contributed by atoms with van der Waals surface area (Å²) in [4.78, 5) is 7.84. The Labute approximate surface area is 48.4 Å². The van der Waals surface area contributed by atoms with E-state index in [2.05, 4.69) is 9.98 Å². The minimum atomic E-state index is 0. The molecule has 0 radical (unpaired) electrons. The monoisotopic (exact) mass is 105 g/mol. The van der Waals surface area contributed by atoms with Gasteiger partial charge in [-0.3, -0.25) is 9.98 Å². The highest BCUT2D eigenvalue weighted by Gasteiger charge is 2.07. The van der Waals surface area contributed by atoms with Gasteiger partial charge in [-0.25, -0.2) is 0 Å². The van der Waals surface area contributed by atoms with E-state index >= 15 is 0 Å². The van der Waals surface area contributed by atoms with Gasteiger partial charge in [-0.1, -0.05) is 0 Å². The van der Waals surface area contributed by atoms with Crippen molar-refractivity contribution in [2.45, 2.75) is 0 Å². The maximum atomic E-state index is 3.92. The van der Waals surface area contributed by atoms with Crippen LogP contribution in [-0.2, 0) is 0 Å². The number of nitrogens with zero attached hydrogens (tertiary/aromatic N) is 2. The standard InChI is InChI=1S/C6H4N2/c1-5-2-8-4-6(5)3-7-1/h1-4H/p+1. The molecule has 2 heterocycles. The molecular formula is C6H5N2+. The second kappa shape index (κ2) is 1.15. The molecule has 0 aliphatic carbocycles. The Kier molecular flexibility index (Phi) is 0.545. The molecule has 0 aromatic carbocycles. The molecule has 2 aliphatic heterocycles. The van der Waals surface area contributed by atoms with Crippen LogP contribution in [0.15, 0.2) is 33.5 Å². The number of rotatable bonds is 0. The largest absolute Gasteiger partial charge is 1.00 e. The van der Waals surface area contributed by atoms with Crippen LogP contribution in [0.3, 0.4) is 0 Å². The Hall–Kier alpha value is -1.18. The quantitative estimate of drug-likeness (QED) is 0.439. The fraction of sp³-hybridized carbons (Fsp3) is 0. The molecule has 0 fully saturated rings. The van der Waals surface area contributed by atoms with Crippen LogP contribution in [0.25, 0.3) is 0 Å². The van der Waals surface area contributed by atoms with Crippen molar-refractivity contribution >= 4 is 12.4 Å². The maximum absolute atomic E-state index is 3.92. The lowest BCUT2D eigenvalue weighted by molar-refractivity contribution is 1.61. The average Bonchev–Trinajstić information content (AvgIpc) is 2.15. The molecule has 0 spiro atoms. The molecule has 2 rings (SSSR count). The molecule has 0 aromatic rings. The van der Waals surface area contributed by atoms with Crippen LogP contribution in [0.5, 0.6) is 0 Å². The topological polar surface area (TPSA) is 24.7 Å². The predicted molar refractivity (Wildman–Crippen MR) is 34.3 cm³/mol. The van der Waals surface area contributed by atoms with Gasteiger partial charge in [0.2, 0.25) is 0 Å². The van der Waals surface area contributed by atoms with Crippen molar-refractivity contribution in [2.24, 2.45) is 9.98 Å². The molecule has 0 saturated heterocycles. The van der Waals surface area contributed by atoms with E-state index in [0.29, 0.717) is 0 Å². The second-order valence-corrected chi connectivity index (χ2v) is 1.73. The van der Waals surface area contributed by atoms with Crippen LogP contribution in [0.2, 0.25) is 0 Å². The predicted octanol–water partition coefficient (Wildman–Crippen LogP) is 1.04. The van der Waals surface area contributed by atoms with E-state index in [0.717, 1.165) is 11.1 Å². The molecule has 38 valence electrons. The lowest BCUT2D eigenvalue weighted by atomic mass is 10.2. The number of hydrogen-bond donors (Lipinski definition) is 0. The van der Waals surface area contributed by atoms with E-state index in [-0.39, 0.29) is 1.43 Å². The Balaban J connectivity index is 0.000000405. The van der Waals surface area contributed by atoms with Crippen molar-refractivity contribution in [3.05, 3.63) is 23.5 Å². The van der Waals surface area contributed by atoms with Gasteiger partial charge in [-0.2, -0.15) is 0 Å². The summed E-state index contributed by atoms with van der Waals surface area (Å²) < 4.78 is 0. The summed E-state index contributed by atoms with van der Waals surface area (Å²) in [6.07, 6.45) is 7.23. The summed E-state index contributed by atoms with van der Waals surface area (Å²) in [5.41, 5.74) is 2.26. The van der Waals surface area contributed by atoms with Crippen LogP contribution in [0.1, 0.15) is 1.43 Å². The smallest absolute Gasteiger partial charge is 0.263 e. The second-order valence-electron chi connectivity index (χ2n) is 1.73. The van der Waals surface area contributed by atoms with Gasteiger partial charge in [0.05, 0.1) is 0 Å². The van der Waals surface area contributed by atoms with E-state index < -0.39 is 0 Å². The number of allylic oxidation sites excluding steroid dienone is 2. The van der Waals surface area contributed by atoms with Gasteiger partial charge in [-0.15, -0.1) is 0 Å². The summed E-state index contributed by atoms with van der Waals surface area (Å²) in [5.74, 6) is 0. The Morgan fingerprint density at radius 2 is 1.50 bits per heavy atom. The van der Waals surface area contributed by atoms with Gasteiger partial charge in [0.1, 0.15) is 0 Å². The molecule has 0 atom stereocenters. The van der Waals surface area contributed by atoms with E-state index in [1.807, 2.05) is 24.8 Å². The molecule has 0 aromatic heterocycles. The fourth-order valence-electron chi connectivity index (χ4n) is 0.761. The summed E-state index contributed by atoms with van der Waals surface area (Å²) in [6, 6.07) is 0. The van der Waals surface area contributed by atoms with E-state index in [1.54, 1.807) is 0 Å². The van der Waals surface area contributed by atoms with Gasteiger partial charge in [-0.05, 0) is 0 Å². The zero-order chi connectivity index (χ0) is 5.40. The van der Waals surface area contributed by atoms with E-state index in [9.17, 15) is 0 Å². The first kappa shape index (κ1) is 3.78. The minimum absolute atomic E-state index is 0. The molecule has 2 aliphatic rings. The van der Waals surface area contributed by atoms with Crippen LogP contribution in [0, 0.1) is 0 Å². The zero-order valence-corrected chi connectivity index (χ0v) is 4.20. The van der Waals surface area contributed by atoms with Crippen molar-refractivity contribution in [1.82, 2.24) is 0 Å². The summed E-state index contributed by atoms with van der Waals surface area (Å²) >= 11 is 0. The molecule has 8 heavy (non-hydrogen) atoms. The maximum Gasteiger partial charge on any atom is 1.00 e. The SMILES string of the molecule is C1=NC=C2C=NC=C12.[H+]. The van der Waals surface area contributed by atoms with Gasteiger partial charge in [0.15, 0.2) is 0 Å². The highest BCUT2D eigenvalue weighted by atomic mass is 14.8. The highest BCUT2D eigenvalue weighted by Crippen LogP contribution is 2.15. The Bertz CT molecular complexity index is 209. The van der Waals surface area contributed by atoms with E-state index in [1.165, 1.54) is 0 Å². The summed E-state index contributed by atoms with van der Waals surface area (Å²) in [7, 11) is 0. The lowest BCUT2D eigenvalue weighted by Gasteiger charge is -1.80. The van der Waals surface area contributed by atoms with Gasteiger partial charge >= 0.3 is 1.43 Å².